The molecule has 2 rings (SSSR count). The highest BCUT2D eigenvalue weighted by Crippen LogP contribution is 2.45. The van der Waals surface area contributed by atoms with Gasteiger partial charge >= 0.3 is 0 Å². The number of methoxy groups -OCH3 is 2. The minimum Gasteiger partial charge on any atom is -0.496 e. The van der Waals surface area contributed by atoms with Gasteiger partial charge in [0.25, 0.3) is 0 Å². The Hall–Kier alpha value is -1.13. The van der Waals surface area contributed by atoms with Gasteiger partial charge < -0.3 is 15.2 Å². The van der Waals surface area contributed by atoms with Crippen molar-refractivity contribution < 1.29 is 13.9 Å². The van der Waals surface area contributed by atoms with E-state index in [1.807, 2.05) is 6.07 Å². The number of benzene rings is 1. The summed E-state index contributed by atoms with van der Waals surface area (Å²) in [6, 6.07) is 3.33. The Morgan fingerprint density at radius 2 is 1.95 bits per heavy atom. The first-order valence-corrected chi connectivity index (χ1v) is 6.73. The van der Waals surface area contributed by atoms with Crippen molar-refractivity contribution in [2.75, 3.05) is 20.8 Å². The first-order chi connectivity index (χ1) is 9.18. The zero-order valence-corrected chi connectivity index (χ0v) is 11.7. The van der Waals surface area contributed by atoms with E-state index < -0.39 is 0 Å². The molecule has 1 aliphatic carbocycles. The van der Waals surface area contributed by atoms with Gasteiger partial charge in [0, 0.05) is 24.6 Å². The van der Waals surface area contributed by atoms with Crippen LogP contribution in [-0.4, -0.2) is 20.8 Å². The molecule has 3 nitrogen and oxygen atoms in total. The lowest BCUT2D eigenvalue weighted by molar-refractivity contribution is 0.177. The van der Waals surface area contributed by atoms with Crippen LogP contribution in [0.3, 0.4) is 0 Å². The third-order valence-electron chi connectivity index (χ3n) is 4.22. The molecule has 0 aromatic heterocycles. The normalized spacial score (nSPS) is 17.7. The van der Waals surface area contributed by atoms with Gasteiger partial charge in [-0.25, -0.2) is 4.39 Å². The number of ether oxygens (including phenoxy) is 2. The first kappa shape index (κ1) is 14.3. The summed E-state index contributed by atoms with van der Waals surface area (Å²) in [5.74, 6) is 0.321. The molecule has 0 aliphatic heterocycles. The van der Waals surface area contributed by atoms with Crippen LogP contribution in [0, 0.1) is 5.82 Å². The Labute approximate surface area is 113 Å². The van der Waals surface area contributed by atoms with Crippen molar-refractivity contribution in [3.05, 3.63) is 29.1 Å². The van der Waals surface area contributed by atoms with Gasteiger partial charge in [-0.05, 0) is 18.9 Å². The van der Waals surface area contributed by atoms with Crippen molar-refractivity contribution >= 4 is 0 Å². The molecule has 0 saturated heterocycles. The van der Waals surface area contributed by atoms with Crippen LogP contribution in [0.25, 0.3) is 0 Å². The van der Waals surface area contributed by atoms with E-state index in [0.29, 0.717) is 17.9 Å². The molecule has 19 heavy (non-hydrogen) atoms. The van der Waals surface area contributed by atoms with E-state index in [-0.39, 0.29) is 17.8 Å². The average molecular weight is 267 g/mol. The maximum absolute atomic E-state index is 13.9. The largest absolute Gasteiger partial charge is 0.496 e. The molecule has 0 atom stereocenters. The van der Waals surface area contributed by atoms with Crippen LogP contribution in [0.5, 0.6) is 5.75 Å². The highest BCUT2D eigenvalue weighted by Gasteiger charge is 2.37. The van der Waals surface area contributed by atoms with Gasteiger partial charge in [0.2, 0.25) is 0 Å². The molecule has 1 saturated carbocycles. The summed E-state index contributed by atoms with van der Waals surface area (Å²) in [6.45, 7) is 0.783. The van der Waals surface area contributed by atoms with Crippen molar-refractivity contribution in [3.8, 4) is 5.75 Å². The molecule has 0 unspecified atom stereocenters. The van der Waals surface area contributed by atoms with Crippen LogP contribution in [0.1, 0.15) is 36.8 Å². The van der Waals surface area contributed by atoms with Gasteiger partial charge in [0.15, 0.2) is 0 Å². The van der Waals surface area contributed by atoms with Crippen molar-refractivity contribution in [1.82, 2.24) is 0 Å². The molecular weight excluding hydrogens is 245 g/mol. The van der Waals surface area contributed by atoms with E-state index in [2.05, 4.69) is 0 Å². The smallest absolute Gasteiger partial charge is 0.132 e. The molecule has 1 aromatic rings. The van der Waals surface area contributed by atoms with E-state index in [0.717, 1.165) is 31.2 Å². The minimum absolute atomic E-state index is 0.0679. The average Bonchev–Trinajstić information content (AvgIpc) is 2.91. The van der Waals surface area contributed by atoms with Gasteiger partial charge in [0.1, 0.15) is 11.6 Å². The molecule has 0 spiro atoms. The zero-order valence-electron chi connectivity index (χ0n) is 11.7. The quantitative estimate of drug-likeness (QED) is 0.892. The van der Waals surface area contributed by atoms with Crippen LogP contribution < -0.4 is 10.5 Å². The Bertz CT molecular complexity index is 442. The maximum atomic E-state index is 13.9. The predicted molar refractivity (Wildman–Crippen MR) is 72.9 cm³/mol. The van der Waals surface area contributed by atoms with Crippen LogP contribution in [-0.2, 0) is 16.8 Å². The molecule has 106 valence electrons. The lowest BCUT2D eigenvalue weighted by atomic mass is 9.77. The van der Waals surface area contributed by atoms with Gasteiger partial charge in [-0.15, -0.1) is 0 Å². The summed E-state index contributed by atoms with van der Waals surface area (Å²) in [6.07, 6.45) is 4.41. The third-order valence-corrected chi connectivity index (χ3v) is 4.22. The van der Waals surface area contributed by atoms with E-state index >= 15 is 0 Å². The van der Waals surface area contributed by atoms with Crippen LogP contribution in [0.15, 0.2) is 12.1 Å². The van der Waals surface area contributed by atoms with E-state index in [4.69, 9.17) is 15.2 Å². The van der Waals surface area contributed by atoms with Crippen LogP contribution in [0.2, 0.25) is 0 Å². The van der Waals surface area contributed by atoms with E-state index in [9.17, 15) is 4.39 Å². The molecule has 0 heterocycles. The SMILES string of the molecule is COCc1c(F)ccc(C2(CN)CCCC2)c1OC. The van der Waals surface area contributed by atoms with E-state index in [1.54, 1.807) is 14.2 Å². The zero-order chi connectivity index (χ0) is 13.9. The molecule has 0 bridgehead atoms. The summed E-state index contributed by atoms with van der Waals surface area (Å²) in [5, 5.41) is 0. The molecular formula is C15H22FNO2. The molecule has 0 amide bonds. The Morgan fingerprint density at radius 3 is 2.47 bits per heavy atom. The highest BCUT2D eigenvalue weighted by atomic mass is 19.1. The maximum Gasteiger partial charge on any atom is 0.132 e. The summed E-state index contributed by atoms with van der Waals surface area (Å²) in [4.78, 5) is 0. The Kier molecular flexibility index (Phi) is 4.42. The molecule has 1 aliphatic rings. The van der Waals surface area contributed by atoms with Crippen molar-refractivity contribution in [2.45, 2.75) is 37.7 Å². The fraction of sp³-hybridized carbons (Fsp3) is 0.600. The molecule has 1 aromatic carbocycles. The third kappa shape index (κ3) is 2.47. The second-order valence-corrected chi connectivity index (χ2v) is 5.23. The molecule has 4 heteroatoms. The topological polar surface area (TPSA) is 44.5 Å². The lowest BCUT2D eigenvalue weighted by Gasteiger charge is -2.30. The first-order valence-electron chi connectivity index (χ1n) is 6.73. The lowest BCUT2D eigenvalue weighted by Crippen LogP contribution is -2.32. The number of hydrogen-bond donors (Lipinski definition) is 1. The second kappa shape index (κ2) is 5.88. The Balaban J connectivity index is 2.53. The van der Waals surface area contributed by atoms with Crippen molar-refractivity contribution in [2.24, 2.45) is 5.73 Å². The van der Waals surface area contributed by atoms with E-state index in [1.165, 1.54) is 6.07 Å². The molecule has 2 N–H and O–H groups in total. The number of hydrogen-bond acceptors (Lipinski definition) is 3. The number of halogens is 1. The minimum atomic E-state index is -0.285. The fourth-order valence-electron chi connectivity index (χ4n) is 3.17. The van der Waals surface area contributed by atoms with Crippen molar-refractivity contribution in [1.29, 1.82) is 0 Å². The van der Waals surface area contributed by atoms with Gasteiger partial charge in [-0.1, -0.05) is 18.9 Å². The summed E-state index contributed by atoms with van der Waals surface area (Å²) >= 11 is 0. The van der Waals surface area contributed by atoms with Gasteiger partial charge in [0.05, 0.1) is 19.3 Å². The summed E-state index contributed by atoms with van der Waals surface area (Å²) in [5.41, 5.74) is 7.46. The van der Waals surface area contributed by atoms with Crippen LogP contribution in [0.4, 0.5) is 4.39 Å². The summed E-state index contributed by atoms with van der Waals surface area (Å²) < 4.78 is 24.5. The van der Waals surface area contributed by atoms with Crippen molar-refractivity contribution in [3.63, 3.8) is 0 Å². The summed E-state index contributed by atoms with van der Waals surface area (Å²) in [7, 11) is 3.14. The molecule has 1 fully saturated rings. The Morgan fingerprint density at radius 1 is 1.26 bits per heavy atom. The standard InChI is InChI=1S/C15H22FNO2/c1-18-9-11-13(16)6-5-12(14(11)19-2)15(10-17)7-3-4-8-15/h5-6H,3-4,7-10,17H2,1-2H3. The van der Waals surface area contributed by atoms with Gasteiger partial charge in [-0.2, -0.15) is 0 Å². The predicted octanol–water partition coefficient (Wildman–Crippen LogP) is 2.75. The monoisotopic (exact) mass is 267 g/mol. The molecule has 0 radical (unpaired) electrons. The number of nitrogens with two attached hydrogens (primary N) is 1. The highest BCUT2D eigenvalue weighted by molar-refractivity contribution is 5.47. The second-order valence-electron chi connectivity index (χ2n) is 5.23. The number of rotatable bonds is 5. The fourth-order valence-corrected chi connectivity index (χ4v) is 3.17. The van der Waals surface area contributed by atoms with Gasteiger partial charge in [-0.3, -0.25) is 0 Å². The van der Waals surface area contributed by atoms with Crippen LogP contribution >= 0.6 is 0 Å².